The lowest BCUT2D eigenvalue weighted by Crippen LogP contribution is -2.56. The van der Waals surface area contributed by atoms with Gasteiger partial charge in [0.2, 0.25) is 0 Å². The Labute approximate surface area is 208 Å². The minimum Gasteiger partial charge on any atom is -0.493 e. The molecule has 4 rings (SSSR count). The molecule has 1 heterocycles. The minimum atomic E-state index is -3.78. The Morgan fingerprint density at radius 2 is 1.31 bits per heavy atom. The van der Waals surface area contributed by atoms with Crippen LogP contribution < -0.4 is 18.7 Å². The maximum Gasteiger partial charge on any atom is 0.306 e. The first-order chi connectivity index (χ1) is 16.7. The highest BCUT2D eigenvalue weighted by atomic mass is 32.2. The molecule has 0 bridgehead atoms. The molecule has 35 heavy (non-hydrogen) atoms. The predicted molar refractivity (Wildman–Crippen MR) is 137 cm³/mol. The lowest BCUT2D eigenvalue weighted by molar-refractivity contribution is -0.120. The second-order valence-corrected chi connectivity index (χ2v) is 9.43. The molecule has 10 heteroatoms. The van der Waals surface area contributed by atoms with Crippen LogP contribution in [-0.4, -0.2) is 38.7 Å². The number of thiocarbonyl (C=S) groups is 1. The molecule has 178 valence electrons. The van der Waals surface area contributed by atoms with Crippen molar-refractivity contribution in [2.45, 2.75) is 0 Å². The van der Waals surface area contributed by atoms with Crippen molar-refractivity contribution in [2.24, 2.45) is 0 Å². The van der Waals surface area contributed by atoms with E-state index in [4.69, 9.17) is 21.1 Å². The molecule has 1 saturated heterocycles. The van der Waals surface area contributed by atoms with E-state index in [1.807, 2.05) is 12.1 Å². The second-order valence-electron chi connectivity index (χ2n) is 7.49. The molecule has 2 amide bonds. The van der Waals surface area contributed by atoms with Crippen LogP contribution >= 0.6 is 12.2 Å². The van der Waals surface area contributed by atoms with E-state index in [2.05, 4.69) is 0 Å². The first kappa shape index (κ1) is 24.1. The average Bonchev–Trinajstić information content (AvgIpc) is 2.83. The molecule has 0 aliphatic carbocycles. The van der Waals surface area contributed by atoms with Gasteiger partial charge in [-0.25, -0.2) is 0 Å². The second kappa shape index (κ2) is 9.69. The van der Waals surface area contributed by atoms with Gasteiger partial charge in [-0.1, -0.05) is 42.5 Å². The Morgan fingerprint density at radius 1 is 0.800 bits per heavy atom. The number of hydrogen-bond donors (Lipinski definition) is 0. The largest absolute Gasteiger partial charge is 0.493 e. The Morgan fingerprint density at radius 3 is 1.77 bits per heavy atom. The molecule has 0 atom stereocenters. The molecule has 0 saturated carbocycles. The number of para-hydroxylation sites is 2. The van der Waals surface area contributed by atoms with Gasteiger partial charge < -0.3 is 8.92 Å². The van der Waals surface area contributed by atoms with E-state index in [9.17, 15) is 18.0 Å². The van der Waals surface area contributed by atoms with Crippen molar-refractivity contribution in [1.82, 2.24) is 0 Å². The molecule has 0 unspecified atom stereocenters. The van der Waals surface area contributed by atoms with E-state index in [1.54, 1.807) is 48.5 Å². The van der Waals surface area contributed by atoms with Crippen LogP contribution in [0.2, 0.25) is 0 Å². The quantitative estimate of drug-likeness (QED) is 0.217. The zero-order valence-electron chi connectivity index (χ0n) is 18.7. The Hall–Kier alpha value is -4.02. The maximum absolute atomic E-state index is 13.5. The normalized spacial score (nSPS) is 14.2. The third-order valence-corrected chi connectivity index (χ3v) is 5.87. The molecule has 1 aliphatic heterocycles. The average molecular weight is 509 g/mol. The summed E-state index contributed by atoms with van der Waals surface area (Å²) >= 11 is 5.58. The number of methoxy groups -OCH3 is 1. The van der Waals surface area contributed by atoms with Crippen LogP contribution in [0.3, 0.4) is 0 Å². The molecule has 0 N–H and O–H groups in total. The van der Waals surface area contributed by atoms with Crippen LogP contribution in [0, 0.1) is 0 Å². The number of ether oxygens (including phenoxy) is 1. The summed E-state index contributed by atoms with van der Waals surface area (Å²) in [5.41, 5.74) is 1.31. The first-order valence-electron chi connectivity index (χ1n) is 10.3. The van der Waals surface area contributed by atoms with E-state index in [-0.39, 0.29) is 22.2 Å². The third-order valence-electron chi connectivity index (χ3n) is 5.02. The molecule has 0 radical (unpaired) electrons. The van der Waals surface area contributed by atoms with Crippen LogP contribution in [0.4, 0.5) is 11.4 Å². The van der Waals surface area contributed by atoms with Gasteiger partial charge in [0, 0.05) is 0 Å². The summed E-state index contributed by atoms with van der Waals surface area (Å²) in [5.74, 6) is -1.07. The summed E-state index contributed by atoms with van der Waals surface area (Å²) in [7, 11) is -2.43. The topological polar surface area (TPSA) is 93.2 Å². The van der Waals surface area contributed by atoms with Gasteiger partial charge in [-0.15, -0.1) is 0 Å². The van der Waals surface area contributed by atoms with E-state index in [0.29, 0.717) is 16.9 Å². The zero-order chi connectivity index (χ0) is 25.2. The van der Waals surface area contributed by atoms with Crippen molar-refractivity contribution in [2.75, 3.05) is 23.2 Å². The molecule has 1 fully saturated rings. The summed E-state index contributed by atoms with van der Waals surface area (Å²) in [6.07, 6.45) is 2.33. The lowest BCUT2D eigenvalue weighted by Gasteiger charge is -2.36. The van der Waals surface area contributed by atoms with Gasteiger partial charge in [-0.2, -0.15) is 8.42 Å². The van der Waals surface area contributed by atoms with Crippen molar-refractivity contribution in [3.05, 3.63) is 90.0 Å². The Balaban J connectivity index is 1.83. The van der Waals surface area contributed by atoms with Crippen molar-refractivity contribution in [3.8, 4) is 11.5 Å². The SMILES string of the molecule is COc1cc(C=C2C(=O)N(c3ccccc3)C(=S)N(c3ccccc3)C2=O)ccc1OS(C)(=O)=O. The monoisotopic (exact) mass is 508 g/mol. The fourth-order valence-corrected chi connectivity index (χ4v) is 4.35. The van der Waals surface area contributed by atoms with E-state index < -0.39 is 21.9 Å². The molecular weight excluding hydrogens is 488 g/mol. The summed E-state index contributed by atoms with van der Waals surface area (Å²) in [4.78, 5) is 29.6. The lowest BCUT2D eigenvalue weighted by atomic mass is 10.0. The van der Waals surface area contributed by atoms with Gasteiger partial charge in [0.05, 0.1) is 24.7 Å². The fourth-order valence-electron chi connectivity index (χ4n) is 3.51. The highest BCUT2D eigenvalue weighted by molar-refractivity contribution is 7.86. The van der Waals surface area contributed by atoms with Gasteiger partial charge in [0.1, 0.15) is 5.57 Å². The van der Waals surface area contributed by atoms with Crippen molar-refractivity contribution in [1.29, 1.82) is 0 Å². The third kappa shape index (κ3) is 5.08. The zero-order valence-corrected chi connectivity index (χ0v) is 20.4. The number of hydrogen-bond acceptors (Lipinski definition) is 7. The van der Waals surface area contributed by atoms with Gasteiger partial charge in [0.25, 0.3) is 11.8 Å². The Bertz CT molecular complexity index is 1370. The molecular formula is C25H20N2O6S2. The number of benzene rings is 3. The molecule has 0 aromatic heterocycles. The highest BCUT2D eigenvalue weighted by Crippen LogP contribution is 2.32. The van der Waals surface area contributed by atoms with E-state index >= 15 is 0 Å². The van der Waals surface area contributed by atoms with Crippen LogP contribution in [0.25, 0.3) is 6.08 Å². The fraction of sp³-hybridized carbons (Fsp3) is 0.0800. The highest BCUT2D eigenvalue weighted by Gasteiger charge is 2.41. The summed E-state index contributed by atoms with van der Waals surface area (Å²) in [6, 6.07) is 22.0. The first-order valence-corrected chi connectivity index (χ1v) is 12.5. The number of anilines is 2. The van der Waals surface area contributed by atoms with Crippen molar-refractivity contribution < 1.29 is 26.9 Å². The van der Waals surface area contributed by atoms with E-state index in [1.165, 1.54) is 41.2 Å². The molecule has 0 spiro atoms. The predicted octanol–water partition coefficient (Wildman–Crippen LogP) is 3.78. The van der Waals surface area contributed by atoms with E-state index in [0.717, 1.165) is 6.26 Å². The summed E-state index contributed by atoms with van der Waals surface area (Å²) in [6.45, 7) is 0. The standard InChI is InChI=1S/C25H20N2O6S2/c1-32-22-16-17(13-14-21(22)33-35(2,30)31)15-20-23(28)26(18-9-5-3-6-10-18)25(34)27(24(20)29)19-11-7-4-8-12-19/h3-16H,1-2H3. The van der Waals surface area contributed by atoms with Crippen LogP contribution in [0.1, 0.15) is 5.56 Å². The molecule has 3 aromatic rings. The number of nitrogens with zero attached hydrogens (tertiary/aromatic N) is 2. The van der Waals surface area contributed by atoms with Gasteiger partial charge in [-0.3, -0.25) is 19.4 Å². The summed E-state index contributed by atoms with van der Waals surface area (Å²) in [5, 5.41) is 0.0315. The number of carbonyl (C=O) groups excluding carboxylic acids is 2. The van der Waals surface area contributed by atoms with Crippen molar-refractivity contribution in [3.63, 3.8) is 0 Å². The molecule has 8 nitrogen and oxygen atoms in total. The Kier molecular flexibility index (Phi) is 6.68. The van der Waals surface area contributed by atoms with Crippen LogP contribution in [-0.2, 0) is 19.7 Å². The summed E-state index contributed by atoms with van der Waals surface area (Å²) < 4.78 is 33.2. The van der Waals surface area contributed by atoms with Gasteiger partial charge in [0.15, 0.2) is 16.6 Å². The molecule has 3 aromatic carbocycles. The van der Waals surface area contributed by atoms with Crippen molar-refractivity contribution >= 4 is 56.7 Å². The maximum atomic E-state index is 13.5. The van der Waals surface area contributed by atoms with Crippen LogP contribution in [0.5, 0.6) is 11.5 Å². The van der Waals surface area contributed by atoms with Gasteiger partial charge in [-0.05, 0) is 60.3 Å². The molecule has 1 aliphatic rings. The van der Waals surface area contributed by atoms with Gasteiger partial charge >= 0.3 is 10.1 Å². The smallest absolute Gasteiger partial charge is 0.306 e. The number of amides is 2. The van der Waals surface area contributed by atoms with Crippen LogP contribution in [0.15, 0.2) is 84.4 Å². The minimum absolute atomic E-state index is 0.0172. The number of carbonyl (C=O) groups is 2. The number of rotatable bonds is 6.